The van der Waals surface area contributed by atoms with Crippen molar-refractivity contribution in [3.05, 3.63) is 45.6 Å². The van der Waals surface area contributed by atoms with Crippen molar-refractivity contribution >= 4 is 11.3 Å². The van der Waals surface area contributed by atoms with E-state index in [0.29, 0.717) is 11.8 Å². The van der Waals surface area contributed by atoms with Crippen molar-refractivity contribution in [1.82, 2.24) is 4.90 Å². The number of aliphatic hydroxyl groups is 1. The summed E-state index contributed by atoms with van der Waals surface area (Å²) in [5.41, 5.74) is 1.86. The molecule has 7 aliphatic rings. The molecule has 9 rings (SSSR count). The summed E-state index contributed by atoms with van der Waals surface area (Å²) in [6.45, 7) is 4.29. The van der Waals surface area contributed by atoms with Gasteiger partial charge in [-0.3, -0.25) is 4.90 Å². The Morgan fingerprint density at radius 2 is 2.09 bits per heavy atom. The lowest BCUT2D eigenvalue weighted by atomic mass is 9.33. The van der Waals surface area contributed by atoms with Gasteiger partial charge in [-0.2, -0.15) is 11.3 Å². The number of benzene rings is 1. The Kier molecular flexibility index (Phi) is 4.07. The van der Waals surface area contributed by atoms with Gasteiger partial charge >= 0.3 is 0 Å². The molecule has 5 nitrogen and oxygen atoms in total. The maximum atomic E-state index is 12.2. The van der Waals surface area contributed by atoms with Crippen LogP contribution in [0.3, 0.4) is 0 Å². The van der Waals surface area contributed by atoms with Crippen LogP contribution in [0.2, 0.25) is 0 Å². The first-order chi connectivity index (χ1) is 16.9. The summed E-state index contributed by atoms with van der Waals surface area (Å²) >= 11 is 1.64. The van der Waals surface area contributed by atoms with E-state index in [-0.39, 0.29) is 28.6 Å². The number of fused-ring (bicyclic) bond motifs is 2. The number of phenolic OH excluding ortho intramolecular Hbond substituents is 1. The third kappa shape index (κ3) is 2.33. The molecule has 1 aromatic heterocycles. The monoisotopic (exact) mass is 493 g/mol. The normalized spacial score (nSPS) is 42.4. The molecule has 0 amide bonds. The van der Waals surface area contributed by atoms with Crippen molar-refractivity contribution < 1.29 is 19.7 Å². The molecule has 4 saturated carbocycles. The van der Waals surface area contributed by atoms with Crippen molar-refractivity contribution in [2.24, 2.45) is 17.3 Å². The van der Waals surface area contributed by atoms with Gasteiger partial charge in [0.25, 0.3) is 0 Å². The molecule has 6 heteroatoms. The molecular formula is C29H35NO4S. The number of aromatic hydroxyl groups is 1. The van der Waals surface area contributed by atoms with E-state index in [1.165, 1.54) is 30.5 Å². The molecule has 2 aliphatic heterocycles. The van der Waals surface area contributed by atoms with Crippen molar-refractivity contribution in [2.75, 3.05) is 20.2 Å². The maximum Gasteiger partial charge on any atom is 0.165 e. The van der Waals surface area contributed by atoms with E-state index in [1.54, 1.807) is 11.3 Å². The molecule has 2 spiro atoms. The van der Waals surface area contributed by atoms with Crippen molar-refractivity contribution in [3.8, 4) is 11.5 Å². The molecule has 2 aromatic rings. The molecule has 7 atom stereocenters. The maximum absolute atomic E-state index is 12.2. The van der Waals surface area contributed by atoms with E-state index in [0.717, 1.165) is 50.1 Å². The van der Waals surface area contributed by atoms with Gasteiger partial charge in [0, 0.05) is 42.0 Å². The highest BCUT2D eigenvalue weighted by Crippen LogP contribution is 2.78. The lowest BCUT2D eigenvalue weighted by Gasteiger charge is -2.75. The molecule has 1 aromatic carbocycles. The minimum absolute atomic E-state index is 0.0157. The van der Waals surface area contributed by atoms with Gasteiger partial charge in [0.05, 0.1) is 5.60 Å². The van der Waals surface area contributed by atoms with E-state index in [4.69, 9.17) is 9.47 Å². The standard InChI is InChI=1S/C29H35NO4S/c1-26(32,19-7-12-35-16-19)21-14-27-8-9-29(21,33-2)25-28(27)10-11-30(15-17-3-4-17)22(27)13-18-5-6-20(31)24(34-25)23(18)28/h5-7,12,16-17,21-22,25,31-32H,3-4,8-11,13-15H2,1-2H3/t21-,22?,25+,26-,27?,28+,29-/m1/s1. The number of methoxy groups -OCH3 is 1. The molecule has 3 heterocycles. The second kappa shape index (κ2) is 6.63. The average Bonchev–Trinajstić information content (AvgIpc) is 3.34. The summed E-state index contributed by atoms with van der Waals surface area (Å²) in [6, 6.07) is 6.51. The van der Waals surface area contributed by atoms with Gasteiger partial charge < -0.3 is 19.7 Å². The Morgan fingerprint density at radius 1 is 1.23 bits per heavy atom. The number of hydrogen-bond donors (Lipinski definition) is 2. The summed E-state index contributed by atoms with van der Waals surface area (Å²) in [4.78, 5) is 2.81. The first-order valence-corrected chi connectivity index (χ1v) is 14.4. The quantitative estimate of drug-likeness (QED) is 0.638. The second-order valence-corrected chi connectivity index (χ2v) is 13.3. The van der Waals surface area contributed by atoms with Crippen molar-refractivity contribution in [3.63, 3.8) is 0 Å². The largest absolute Gasteiger partial charge is 0.504 e. The van der Waals surface area contributed by atoms with Gasteiger partial charge in [0.15, 0.2) is 11.5 Å². The summed E-state index contributed by atoms with van der Waals surface area (Å²) in [6.07, 6.45) is 7.52. The second-order valence-electron chi connectivity index (χ2n) is 12.6. The Bertz CT molecular complexity index is 1210. The van der Waals surface area contributed by atoms with Crippen LogP contribution in [0.4, 0.5) is 0 Å². The summed E-state index contributed by atoms with van der Waals surface area (Å²) in [5.74, 6) is 1.73. The van der Waals surface area contributed by atoms with Gasteiger partial charge in [-0.05, 0) is 98.4 Å². The third-order valence-corrected chi connectivity index (χ3v) is 12.1. The fourth-order valence-electron chi connectivity index (χ4n) is 9.81. The lowest BCUT2D eigenvalue weighted by Crippen LogP contribution is -2.82. The Hall–Kier alpha value is -1.60. The highest BCUT2D eigenvalue weighted by atomic mass is 32.1. The van der Waals surface area contributed by atoms with Crippen molar-refractivity contribution in [1.29, 1.82) is 0 Å². The first kappa shape index (κ1) is 21.5. The molecule has 2 unspecified atom stereocenters. The summed E-state index contributed by atoms with van der Waals surface area (Å²) in [5, 5.41) is 27.4. The van der Waals surface area contributed by atoms with Crippen LogP contribution in [-0.4, -0.2) is 53.1 Å². The van der Waals surface area contributed by atoms with Crippen LogP contribution in [0.25, 0.3) is 0 Å². The fourth-order valence-corrected chi connectivity index (χ4v) is 10.6. The topological polar surface area (TPSA) is 62.2 Å². The van der Waals surface area contributed by atoms with Gasteiger partial charge in [0.1, 0.15) is 11.7 Å². The number of ether oxygens (including phenoxy) is 2. The first-order valence-electron chi connectivity index (χ1n) is 13.4. The molecule has 35 heavy (non-hydrogen) atoms. The van der Waals surface area contributed by atoms with Crippen molar-refractivity contribution in [2.45, 2.75) is 80.6 Å². The Morgan fingerprint density at radius 3 is 2.83 bits per heavy atom. The summed E-state index contributed by atoms with van der Waals surface area (Å²) < 4.78 is 13.5. The molecule has 5 fully saturated rings. The number of nitrogens with zero attached hydrogens (tertiary/aromatic N) is 1. The Balaban J connectivity index is 1.37. The molecule has 1 saturated heterocycles. The molecular weight excluding hydrogens is 458 g/mol. The van der Waals surface area contributed by atoms with E-state index >= 15 is 0 Å². The SMILES string of the molecule is CO[C@]12CCC3(C[C@@H]1[C@](C)(O)c1ccsc1)C1Cc4ccc(O)c5c4[C@@]3(CCN1CC1CC1)[C@@H]2O5. The van der Waals surface area contributed by atoms with Crippen LogP contribution in [0.5, 0.6) is 11.5 Å². The van der Waals surface area contributed by atoms with Gasteiger partial charge in [0.2, 0.25) is 0 Å². The highest BCUT2D eigenvalue weighted by molar-refractivity contribution is 7.08. The fraction of sp³-hybridized carbons (Fsp3) is 0.655. The van der Waals surface area contributed by atoms with Crippen LogP contribution in [0, 0.1) is 17.3 Å². The van der Waals surface area contributed by atoms with Crippen LogP contribution < -0.4 is 4.74 Å². The van der Waals surface area contributed by atoms with E-state index in [9.17, 15) is 10.2 Å². The minimum atomic E-state index is -1.01. The van der Waals surface area contributed by atoms with E-state index in [2.05, 4.69) is 27.8 Å². The lowest BCUT2D eigenvalue weighted by molar-refractivity contribution is -0.304. The highest BCUT2D eigenvalue weighted by Gasteiger charge is 2.82. The number of likely N-dealkylation sites (tertiary alicyclic amines) is 1. The van der Waals surface area contributed by atoms with Crippen LogP contribution >= 0.6 is 11.3 Å². The molecule has 5 aliphatic carbocycles. The Labute approximate surface area is 211 Å². The molecule has 2 N–H and O–H groups in total. The number of hydrogen-bond acceptors (Lipinski definition) is 6. The van der Waals surface area contributed by atoms with E-state index in [1.807, 2.05) is 20.1 Å². The summed E-state index contributed by atoms with van der Waals surface area (Å²) in [7, 11) is 1.82. The molecule has 0 radical (unpaired) electrons. The smallest absolute Gasteiger partial charge is 0.165 e. The zero-order valence-corrected chi connectivity index (χ0v) is 21.4. The van der Waals surface area contributed by atoms with Crippen LogP contribution in [0.15, 0.2) is 29.0 Å². The molecule has 186 valence electrons. The number of thiophene rings is 1. The van der Waals surface area contributed by atoms with Gasteiger partial charge in [-0.1, -0.05) is 6.07 Å². The minimum Gasteiger partial charge on any atom is -0.504 e. The number of rotatable bonds is 5. The average molecular weight is 494 g/mol. The van der Waals surface area contributed by atoms with E-state index < -0.39 is 11.2 Å². The zero-order valence-electron chi connectivity index (χ0n) is 20.6. The number of piperidine rings is 1. The van der Waals surface area contributed by atoms with Gasteiger partial charge in [-0.25, -0.2) is 0 Å². The number of phenols is 1. The van der Waals surface area contributed by atoms with Crippen LogP contribution in [0.1, 0.15) is 62.1 Å². The third-order valence-electron chi connectivity index (χ3n) is 11.4. The predicted molar refractivity (Wildman–Crippen MR) is 134 cm³/mol. The zero-order chi connectivity index (χ0) is 23.8. The molecule has 4 bridgehead atoms. The van der Waals surface area contributed by atoms with Crippen LogP contribution in [-0.2, 0) is 22.2 Å². The van der Waals surface area contributed by atoms with Gasteiger partial charge in [-0.15, -0.1) is 0 Å². The predicted octanol–water partition coefficient (Wildman–Crippen LogP) is 4.59.